The molecular weight excluding hydrogens is 342 g/mol. The summed E-state index contributed by atoms with van der Waals surface area (Å²) in [4.78, 5) is 25.8. The summed E-state index contributed by atoms with van der Waals surface area (Å²) in [5, 5.41) is 0. The van der Waals surface area contributed by atoms with Crippen molar-refractivity contribution < 1.29 is 19.1 Å². The van der Waals surface area contributed by atoms with Gasteiger partial charge in [-0.25, -0.2) is 4.79 Å². The standard InChI is InChI=1S/C22H23NO4/c24-20-12-14-26-21(15-20)11-13-23(16-18-7-3-1-4-8-18)22(25)27-17-19-9-5-2-6-10-19/h1-10,12,14,21H,11,13,15-17H2. The van der Waals surface area contributed by atoms with Gasteiger partial charge >= 0.3 is 6.09 Å². The average molecular weight is 365 g/mol. The number of rotatable bonds is 7. The van der Waals surface area contributed by atoms with Crippen LogP contribution in [0, 0.1) is 0 Å². The Morgan fingerprint density at radius 2 is 1.70 bits per heavy atom. The Labute approximate surface area is 159 Å². The van der Waals surface area contributed by atoms with E-state index in [1.54, 1.807) is 4.90 Å². The van der Waals surface area contributed by atoms with Crippen LogP contribution in [0.1, 0.15) is 24.0 Å². The molecule has 1 amide bonds. The fourth-order valence-electron chi connectivity index (χ4n) is 2.89. The summed E-state index contributed by atoms with van der Waals surface area (Å²) in [5.41, 5.74) is 1.96. The number of allylic oxidation sites excluding steroid dienone is 1. The van der Waals surface area contributed by atoms with Gasteiger partial charge in [0, 0.05) is 32.0 Å². The van der Waals surface area contributed by atoms with Gasteiger partial charge in [-0.15, -0.1) is 0 Å². The predicted octanol–water partition coefficient (Wildman–Crippen LogP) is 4.09. The molecule has 0 fully saturated rings. The minimum atomic E-state index is -0.375. The third kappa shape index (κ3) is 5.99. The molecular formula is C22H23NO4. The van der Waals surface area contributed by atoms with Gasteiger partial charge in [-0.05, 0) is 11.1 Å². The molecule has 1 aliphatic heterocycles. The maximum Gasteiger partial charge on any atom is 0.410 e. The number of hydrogen-bond donors (Lipinski definition) is 0. The van der Waals surface area contributed by atoms with Gasteiger partial charge in [-0.3, -0.25) is 4.79 Å². The van der Waals surface area contributed by atoms with Crippen molar-refractivity contribution in [1.29, 1.82) is 0 Å². The Morgan fingerprint density at radius 3 is 2.37 bits per heavy atom. The van der Waals surface area contributed by atoms with E-state index in [1.165, 1.54) is 12.3 Å². The minimum Gasteiger partial charge on any atom is -0.497 e. The molecule has 1 heterocycles. The molecule has 1 unspecified atom stereocenters. The number of amides is 1. The molecule has 2 aromatic rings. The molecule has 140 valence electrons. The molecule has 0 saturated carbocycles. The third-order valence-electron chi connectivity index (χ3n) is 4.35. The quantitative estimate of drug-likeness (QED) is 0.742. The lowest BCUT2D eigenvalue weighted by atomic mass is 10.1. The van der Waals surface area contributed by atoms with Crippen molar-refractivity contribution in [2.75, 3.05) is 6.54 Å². The second-order valence-corrected chi connectivity index (χ2v) is 6.47. The van der Waals surface area contributed by atoms with Crippen molar-refractivity contribution in [3.05, 3.63) is 84.1 Å². The Kier molecular flexibility index (Phi) is 6.63. The second kappa shape index (κ2) is 9.57. The molecule has 0 saturated heterocycles. The van der Waals surface area contributed by atoms with Crippen LogP contribution in [-0.2, 0) is 27.4 Å². The highest BCUT2D eigenvalue weighted by Gasteiger charge is 2.21. The smallest absolute Gasteiger partial charge is 0.410 e. The lowest BCUT2D eigenvalue weighted by Crippen LogP contribution is -2.34. The van der Waals surface area contributed by atoms with Crippen LogP contribution < -0.4 is 0 Å². The molecule has 5 nitrogen and oxygen atoms in total. The summed E-state index contributed by atoms with van der Waals surface area (Å²) in [6.07, 6.45) is 3.21. The van der Waals surface area contributed by atoms with Gasteiger partial charge in [-0.2, -0.15) is 0 Å². The summed E-state index contributed by atoms with van der Waals surface area (Å²) >= 11 is 0. The number of ether oxygens (including phenoxy) is 2. The molecule has 5 heteroatoms. The molecule has 0 radical (unpaired) electrons. The Morgan fingerprint density at radius 1 is 1.04 bits per heavy atom. The topological polar surface area (TPSA) is 55.8 Å². The van der Waals surface area contributed by atoms with E-state index in [0.717, 1.165) is 11.1 Å². The van der Waals surface area contributed by atoms with Crippen LogP contribution in [0.2, 0.25) is 0 Å². The predicted molar refractivity (Wildman–Crippen MR) is 102 cm³/mol. The average Bonchev–Trinajstić information content (AvgIpc) is 2.71. The molecule has 0 N–H and O–H groups in total. The highest BCUT2D eigenvalue weighted by atomic mass is 16.6. The number of benzene rings is 2. The summed E-state index contributed by atoms with van der Waals surface area (Å²) in [6.45, 7) is 1.13. The summed E-state index contributed by atoms with van der Waals surface area (Å²) in [7, 11) is 0. The van der Waals surface area contributed by atoms with Crippen molar-refractivity contribution in [3.8, 4) is 0 Å². The normalized spacial score (nSPS) is 15.9. The van der Waals surface area contributed by atoms with E-state index in [-0.39, 0.29) is 24.6 Å². The van der Waals surface area contributed by atoms with Gasteiger partial charge in [0.25, 0.3) is 0 Å². The van der Waals surface area contributed by atoms with Crippen molar-refractivity contribution in [3.63, 3.8) is 0 Å². The molecule has 0 spiro atoms. The van der Waals surface area contributed by atoms with Crippen molar-refractivity contribution in [1.82, 2.24) is 4.90 Å². The first-order valence-corrected chi connectivity index (χ1v) is 9.05. The molecule has 0 bridgehead atoms. The summed E-state index contributed by atoms with van der Waals surface area (Å²) in [5.74, 6) is 0.0486. The minimum absolute atomic E-state index is 0.0486. The first-order valence-electron chi connectivity index (χ1n) is 9.05. The van der Waals surface area contributed by atoms with E-state index in [0.29, 0.717) is 25.9 Å². The van der Waals surface area contributed by atoms with Crippen LogP contribution in [0.4, 0.5) is 4.79 Å². The first kappa shape index (κ1) is 18.7. The van der Waals surface area contributed by atoms with Crippen LogP contribution in [0.25, 0.3) is 0 Å². The zero-order valence-electron chi connectivity index (χ0n) is 15.1. The summed E-state index contributed by atoms with van der Waals surface area (Å²) in [6, 6.07) is 19.4. The number of nitrogens with zero attached hydrogens (tertiary/aromatic N) is 1. The van der Waals surface area contributed by atoms with Gasteiger partial charge in [0.15, 0.2) is 5.78 Å². The van der Waals surface area contributed by atoms with E-state index >= 15 is 0 Å². The van der Waals surface area contributed by atoms with Crippen LogP contribution in [0.5, 0.6) is 0 Å². The van der Waals surface area contributed by atoms with Gasteiger partial charge < -0.3 is 14.4 Å². The van der Waals surface area contributed by atoms with E-state index in [9.17, 15) is 9.59 Å². The highest BCUT2D eigenvalue weighted by molar-refractivity contribution is 5.90. The van der Waals surface area contributed by atoms with Crippen LogP contribution in [0.15, 0.2) is 73.0 Å². The Bertz CT molecular complexity index is 773. The van der Waals surface area contributed by atoms with E-state index < -0.39 is 0 Å². The van der Waals surface area contributed by atoms with Crippen LogP contribution >= 0.6 is 0 Å². The van der Waals surface area contributed by atoms with Crippen molar-refractivity contribution in [2.45, 2.75) is 32.1 Å². The zero-order chi connectivity index (χ0) is 18.9. The third-order valence-corrected chi connectivity index (χ3v) is 4.35. The first-order chi connectivity index (χ1) is 13.2. The molecule has 27 heavy (non-hydrogen) atoms. The summed E-state index contributed by atoms with van der Waals surface area (Å²) < 4.78 is 11.0. The maximum absolute atomic E-state index is 12.6. The number of carbonyl (C=O) groups excluding carboxylic acids is 2. The number of ketones is 1. The number of carbonyl (C=O) groups is 2. The molecule has 1 aliphatic rings. The van der Waals surface area contributed by atoms with Gasteiger partial charge in [0.2, 0.25) is 0 Å². The molecule has 0 aliphatic carbocycles. The maximum atomic E-state index is 12.6. The number of hydrogen-bond acceptors (Lipinski definition) is 4. The molecule has 1 atom stereocenters. The van der Waals surface area contributed by atoms with Gasteiger partial charge in [0.05, 0.1) is 6.26 Å². The van der Waals surface area contributed by atoms with Gasteiger partial charge in [0.1, 0.15) is 12.7 Å². The molecule has 3 rings (SSSR count). The molecule has 0 aromatic heterocycles. The fraction of sp³-hybridized carbons (Fsp3) is 0.273. The van der Waals surface area contributed by atoms with Crippen LogP contribution in [-0.4, -0.2) is 29.4 Å². The monoisotopic (exact) mass is 365 g/mol. The van der Waals surface area contributed by atoms with E-state index in [2.05, 4.69) is 0 Å². The Balaban J connectivity index is 1.60. The van der Waals surface area contributed by atoms with Crippen LogP contribution in [0.3, 0.4) is 0 Å². The highest BCUT2D eigenvalue weighted by Crippen LogP contribution is 2.15. The lowest BCUT2D eigenvalue weighted by Gasteiger charge is -2.25. The van der Waals surface area contributed by atoms with E-state index in [1.807, 2.05) is 60.7 Å². The Hall–Kier alpha value is -3.08. The zero-order valence-corrected chi connectivity index (χ0v) is 15.1. The second-order valence-electron chi connectivity index (χ2n) is 6.47. The largest absolute Gasteiger partial charge is 0.497 e. The van der Waals surface area contributed by atoms with Crippen molar-refractivity contribution in [2.24, 2.45) is 0 Å². The SMILES string of the molecule is O=C1C=COC(CCN(Cc2ccccc2)C(=O)OCc2ccccc2)C1. The fourth-order valence-corrected chi connectivity index (χ4v) is 2.89. The van der Waals surface area contributed by atoms with E-state index in [4.69, 9.17) is 9.47 Å². The molecule has 2 aromatic carbocycles. The lowest BCUT2D eigenvalue weighted by molar-refractivity contribution is -0.118. The van der Waals surface area contributed by atoms with Crippen molar-refractivity contribution >= 4 is 11.9 Å². The van der Waals surface area contributed by atoms with Gasteiger partial charge in [-0.1, -0.05) is 60.7 Å².